The maximum atomic E-state index is 11.7. The fraction of sp³-hybridized carbons (Fsp3) is 0.971. The van der Waals surface area contributed by atoms with Gasteiger partial charge in [0, 0.05) is 0 Å². The van der Waals surface area contributed by atoms with Gasteiger partial charge in [0.25, 0.3) is 0 Å². The molecule has 228 valence electrons. The first kappa shape index (κ1) is 37.4. The second-order valence-electron chi connectivity index (χ2n) is 12.4. The summed E-state index contributed by atoms with van der Waals surface area (Å²) in [7, 11) is 0. The van der Waals surface area contributed by atoms with Gasteiger partial charge in [0.15, 0.2) is 5.60 Å². The third kappa shape index (κ3) is 25.7. The number of hydrogen-bond acceptors (Lipinski definition) is 2. The Labute approximate surface area is 239 Å². The second kappa shape index (κ2) is 29.4. The minimum absolute atomic E-state index is 0.415. The zero-order valence-corrected chi connectivity index (χ0v) is 26.2. The Bertz CT molecular complexity index is 478. The third-order valence-electron chi connectivity index (χ3n) is 8.54. The fourth-order valence-corrected chi connectivity index (χ4v) is 5.74. The van der Waals surface area contributed by atoms with E-state index < -0.39 is 11.6 Å². The number of carboxylic acid groups (broad SMARTS) is 1. The van der Waals surface area contributed by atoms with Gasteiger partial charge in [-0.1, -0.05) is 187 Å². The number of aliphatic carboxylic acids is 1. The van der Waals surface area contributed by atoms with Gasteiger partial charge in [0.05, 0.1) is 0 Å². The van der Waals surface area contributed by atoms with Crippen molar-refractivity contribution >= 4 is 5.97 Å². The van der Waals surface area contributed by atoms with E-state index in [4.69, 9.17) is 0 Å². The molecule has 0 aromatic heterocycles. The number of aliphatic hydroxyl groups is 1. The second-order valence-corrected chi connectivity index (χ2v) is 12.4. The van der Waals surface area contributed by atoms with Gasteiger partial charge < -0.3 is 10.2 Å². The summed E-state index contributed by atoms with van der Waals surface area (Å²) in [5.74, 6) is -1.02. The predicted octanol–water partition coefficient (Wildman–Crippen LogP) is 11.9. The molecule has 0 aliphatic carbocycles. The van der Waals surface area contributed by atoms with E-state index in [0.29, 0.717) is 12.8 Å². The molecule has 0 spiro atoms. The Balaban J connectivity index is 3.48. The van der Waals surface area contributed by atoms with Crippen molar-refractivity contribution in [2.45, 2.75) is 218 Å². The molecule has 0 bridgehead atoms. The monoisotopic (exact) mass is 539 g/mol. The first-order chi connectivity index (χ1) is 18.6. The van der Waals surface area contributed by atoms with Crippen LogP contribution >= 0.6 is 0 Å². The van der Waals surface area contributed by atoms with E-state index in [9.17, 15) is 15.0 Å². The molecule has 0 aromatic carbocycles. The molecule has 0 saturated heterocycles. The number of rotatable bonds is 32. The maximum Gasteiger partial charge on any atom is 0.335 e. The number of hydrogen-bond donors (Lipinski definition) is 2. The Morgan fingerprint density at radius 3 is 0.763 bits per heavy atom. The van der Waals surface area contributed by atoms with Crippen LogP contribution in [0, 0.1) is 0 Å². The topological polar surface area (TPSA) is 57.5 Å². The summed E-state index contributed by atoms with van der Waals surface area (Å²) in [4.78, 5) is 11.7. The molecule has 1 atom stereocenters. The standard InChI is InChI=1S/C35H70O3/c1-3-5-7-9-11-13-15-16-17-18-19-20-21-22-23-25-27-29-31-33-35(38,34(36)37)32-30-28-26-24-14-12-10-8-6-4-2/h38H,3-33H2,1-2H3,(H,36,37)/t35-/m1/s1. The van der Waals surface area contributed by atoms with E-state index >= 15 is 0 Å². The molecule has 0 radical (unpaired) electrons. The fourth-order valence-electron chi connectivity index (χ4n) is 5.74. The Morgan fingerprint density at radius 1 is 0.395 bits per heavy atom. The minimum Gasteiger partial charge on any atom is -0.479 e. The normalized spacial score (nSPS) is 13.1. The molecule has 0 aromatic rings. The highest BCUT2D eigenvalue weighted by atomic mass is 16.4. The van der Waals surface area contributed by atoms with Crippen LogP contribution in [0.2, 0.25) is 0 Å². The van der Waals surface area contributed by atoms with E-state index in [0.717, 1.165) is 25.7 Å². The van der Waals surface area contributed by atoms with Gasteiger partial charge in [-0.15, -0.1) is 0 Å². The third-order valence-corrected chi connectivity index (χ3v) is 8.54. The lowest BCUT2D eigenvalue weighted by Gasteiger charge is -2.23. The van der Waals surface area contributed by atoms with Crippen LogP contribution in [0.1, 0.15) is 213 Å². The van der Waals surface area contributed by atoms with Crippen LogP contribution < -0.4 is 0 Å². The first-order valence-corrected chi connectivity index (χ1v) is 17.5. The van der Waals surface area contributed by atoms with Crippen LogP contribution in [0.15, 0.2) is 0 Å². The smallest absolute Gasteiger partial charge is 0.335 e. The summed E-state index contributed by atoms with van der Waals surface area (Å²) in [5, 5.41) is 20.2. The molecule has 0 rings (SSSR count). The number of unbranched alkanes of at least 4 members (excludes halogenated alkanes) is 27. The summed E-state index contributed by atoms with van der Waals surface area (Å²) in [6, 6.07) is 0. The summed E-state index contributed by atoms with van der Waals surface area (Å²) in [5.41, 5.74) is -1.51. The van der Waals surface area contributed by atoms with Gasteiger partial charge in [-0.2, -0.15) is 0 Å². The lowest BCUT2D eigenvalue weighted by atomic mass is 9.89. The highest BCUT2D eigenvalue weighted by Crippen LogP contribution is 2.24. The Morgan fingerprint density at radius 2 is 0.579 bits per heavy atom. The van der Waals surface area contributed by atoms with Gasteiger partial charge in [-0.05, 0) is 25.7 Å². The number of carboxylic acids is 1. The summed E-state index contributed by atoms with van der Waals surface area (Å²) < 4.78 is 0. The van der Waals surface area contributed by atoms with Crippen molar-refractivity contribution in [2.75, 3.05) is 0 Å². The Kier molecular flexibility index (Phi) is 29.0. The van der Waals surface area contributed by atoms with E-state index in [-0.39, 0.29) is 0 Å². The van der Waals surface area contributed by atoms with E-state index in [1.54, 1.807) is 0 Å². The van der Waals surface area contributed by atoms with Gasteiger partial charge in [0.1, 0.15) is 0 Å². The average molecular weight is 539 g/mol. The van der Waals surface area contributed by atoms with Gasteiger partial charge in [-0.3, -0.25) is 0 Å². The van der Waals surface area contributed by atoms with Crippen molar-refractivity contribution in [2.24, 2.45) is 0 Å². The molecule has 0 fully saturated rings. The minimum atomic E-state index is -1.51. The van der Waals surface area contributed by atoms with Crippen molar-refractivity contribution in [3.05, 3.63) is 0 Å². The molecule has 38 heavy (non-hydrogen) atoms. The van der Waals surface area contributed by atoms with Crippen LogP contribution in [0.4, 0.5) is 0 Å². The highest BCUT2D eigenvalue weighted by molar-refractivity contribution is 5.76. The molecule has 2 N–H and O–H groups in total. The molecule has 0 amide bonds. The van der Waals surface area contributed by atoms with E-state index in [2.05, 4.69) is 13.8 Å². The summed E-state index contributed by atoms with van der Waals surface area (Å²) in [6.07, 6.45) is 38.5. The molecule has 0 saturated carbocycles. The van der Waals surface area contributed by atoms with Crippen molar-refractivity contribution in [3.8, 4) is 0 Å². The Hall–Kier alpha value is -0.570. The van der Waals surface area contributed by atoms with Crippen molar-refractivity contribution in [1.82, 2.24) is 0 Å². The largest absolute Gasteiger partial charge is 0.479 e. The van der Waals surface area contributed by atoms with E-state index in [1.807, 2.05) is 0 Å². The first-order valence-electron chi connectivity index (χ1n) is 17.5. The van der Waals surface area contributed by atoms with Crippen molar-refractivity contribution in [1.29, 1.82) is 0 Å². The molecular weight excluding hydrogens is 468 g/mol. The average Bonchev–Trinajstić information content (AvgIpc) is 2.91. The molecule has 0 heterocycles. The van der Waals surface area contributed by atoms with Crippen LogP contribution in [-0.4, -0.2) is 21.8 Å². The maximum absolute atomic E-state index is 11.7. The molecule has 0 aliphatic rings. The van der Waals surface area contributed by atoms with Gasteiger partial charge in [-0.25, -0.2) is 4.79 Å². The zero-order valence-electron chi connectivity index (χ0n) is 26.2. The summed E-state index contributed by atoms with van der Waals surface area (Å²) in [6.45, 7) is 4.54. The lowest BCUT2D eigenvalue weighted by Crippen LogP contribution is -2.38. The molecule has 3 nitrogen and oxygen atoms in total. The molecule has 0 unspecified atom stereocenters. The SMILES string of the molecule is CCCCCCCCCCCCCCCCCCCCC[C@](O)(CCCCCCCCCCCC)C(=O)O. The van der Waals surface area contributed by atoms with Crippen molar-refractivity contribution < 1.29 is 15.0 Å². The summed E-state index contributed by atoms with van der Waals surface area (Å²) >= 11 is 0. The van der Waals surface area contributed by atoms with Crippen LogP contribution in [0.3, 0.4) is 0 Å². The van der Waals surface area contributed by atoms with Gasteiger partial charge >= 0.3 is 5.97 Å². The lowest BCUT2D eigenvalue weighted by molar-refractivity contribution is -0.160. The number of carbonyl (C=O) groups is 1. The van der Waals surface area contributed by atoms with Crippen molar-refractivity contribution in [3.63, 3.8) is 0 Å². The van der Waals surface area contributed by atoms with Crippen LogP contribution in [0.25, 0.3) is 0 Å². The highest BCUT2D eigenvalue weighted by Gasteiger charge is 2.34. The zero-order chi connectivity index (χ0) is 28.0. The van der Waals surface area contributed by atoms with Gasteiger partial charge in [0.2, 0.25) is 0 Å². The van der Waals surface area contributed by atoms with E-state index in [1.165, 1.54) is 161 Å². The predicted molar refractivity (Wildman–Crippen MR) is 167 cm³/mol. The molecule has 0 aliphatic heterocycles. The van der Waals surface area contributed by atoms with Crippen LogP contribution in [0.5, 0.6) is 0 Å². The van der Waals surface area contributed by atoms with Crippen LogP contribution in [-0.2, 0) is 4.79 Å². The molecule has 3 heteroatoms. The molecular formula is C35H70O3. The quantitative estimate of drug-likeness (QED) is 0.0837.